The summed E-state index contributed by atoms with van der Waals surface area (Å²) in [6.07, 6.45) is -5.14. The number of benzene rings is 2. The Balaban J connectivity index is 1.86. The number of halogens is 5. The van der Waals surface area contributed by atoms with E-state index in [0.717, 1.165) is 0 Å². The lowest BCUT2D eigenvalue weighted by Crippen LogP contribution is -2.47. The Morgan fingerprint density at radius 3 is 2.50 bits per heavy atom. The summed E-state index contributed by atoms with van der Waals surface area (Å²) in [6, 6.07) is 2.83. The predicted molar refractivity (Wildman–Crippen MR) is 151 cm³/mol. The third-order valence-corrected chi connectivity index (χ3v) is 9.78. The van der Waals surface area contributed by atoms with Crippen molar-refractivity contribution in [2.75, 3.05) is 18.8 Å². The van der Waals surface area contributed by atoms with Crippen LogP contribution in [0, 0.1) is 6.92 Å². The summed E-state index contributed by atoms with van der Waals surface area (Å²) in [7, 11) is -3.83. The number of carbonyl (C=O) groups is 1. The monoisotopic (exact) mass is 650 g/mol. The van der Waals surface area contributed by atoms with Crippen LogP contribution < -0.4 is 16.6 Å². The highest BCUT2D eigenvalue weighted by Crippen LogP contribution is 2.39. The molecule has 1 fully saturated rings. The standard InChI is InChI=1S/C26H27Cl2F3N4O6S/c1-3-42(40,41)22-13(2)7-15(27)8-14(22)10-35-23(36)17-9-19(26(29,30)31)18(20(28)21(17)33-24(35)37)12-34-6-4-5-16(11-34)32-25(38)39/h7-9,16,32H,3-6,10-12H2,1-2H3,(H,33,37)(H,38,39)/t16-/m1/s1. The first-order valence-corrected chi connectivity index (χ1v) is 15.2. The number of fused-ring (bicyclic) bond motifs is 1. The van der Waals surface area contributed by atoms with Crippen LogP contribution in [0.2, 0.25) is 10.0 Å². The van der Waals surface area contributed by atoms with Gasteiger partial charge in [0, 0.05) is 24.2 Å². The van der Waals surface area contributed by atoms with Crippen molar-refractivity contribution in [2.24, 2.45) is 0 Å². The number of amides is 1. The molecule has 0 aliphatic carbocycles. The number of H-pyrrole nitrogens is 1. The molecule has 2 heterocycles. The number of carboxylic acid groups (broad SMARTS) is 1. The highest BCUT2D eigenvalue weighted by atomic mass is 35.5. The molecule has 10 nitrogen and oxygen atoms in total. The molecule has 0 saturated carbocycles. The van der Waals surface area contributed by atoms with E-state index in [1.807, 2.05) is 0 Å². The number of nitrogens with one attached hydrogen (secondary N) is 2. The van der Waals surface area contributed by atoms with Gasteiger partial charge in [0.15, 0.2) is 9.84 Å². The molecule has 1 aliphatic rings. The first-order valence-electron chi connectivity index (χ1n) is 12.8. The summed E-state index contributed by atoms with van der Waals surface area (Å²) >= 11 is 12.6. The average Bonchev–Trinajstić information content (AvgIpc) is 2.87. The fourth-order valence-electron chi connectivity index (χ4n) is 5.34. The molecule has 1 atom stereocenters. The molecule has 42 heavy (non-hydrogen) atoms. The first kappa shape index (κ1) is 31.9. The van der Waals surface area contributed by atoms with Gasteiger partial charge in [-0.3, -0.25) is 14.3 Å². The second kappa shape index (κ2) is 11.9. The van der Waals surface area contributed by atoms with E-state index in [0.29, 0.717) is 30.0 Å². The minimum atomic E-state index is -4.93. The van der Waals surface area contributed by atoms with Crippen molar-refractivity contribution >= 4 is 50.0 Å². The van der Waals surface area contributed by atoms with Gasteiger partial charge < -0.3 is 15.4 Å². The first-order chi connectivity index (χ1) is 19.5. The number of aromatic amines is 1. The minimum Gasteiger partial charge on any atom is -0.465 e. The van der Waals surface area contributed by atoms with Gasteiger partial charge >= 0.3 is 18.0 Å². The van der Waals surface area contributed by atoms with Crippen molar-refractivity contribution < 1.29 is 31.5 Å². The number of sulfone groups is 1. The number of hydrogen-bond donors (Lipinski definition) is 3. The number of likely N-dealkylation sites (tertiary alicyclic amines) is 1. The second-order valence-corrected chi connectivity index (χ2v) is 13.1. The Labute approximate surface area is 248 Å². The van der Waals surface area contributed by atoms with E-state index >= 15 is 0 Å². The Bertz CT molecular complexity index is 1790. The van der Waals surface area contributed by atoms with Crippen LogP contribution in [-0.2, 0) is 29.1 Å². The Kier molecular flexibility index (Phi) is 9.03. The van der Waals surface area contributed by atoms with Crippen molar-refractivity contribution in [1.29, 1.82) is 0 Å². The highest BCUT2D eigenvalue weighted by Gasteiger charge is 2.37. The molecule has 16 heteroatoms. The third kappa shape index (κ3) is 6.46. The lowest BCUT2D eigenvalue weighted by molar-refractivity contribution is -0.138. The van der Waals surface area contributed by atoms with Gasteiger partial charge in [0.2, 0.25) is 0 Å². The van der Waals surface area contributed by atoms with Gasteiger partial charge in [0.05, 0.1) is 38.7 Å². The van der Waals surface area contributed by atoms with Crippen molar-refractivity contribution in [2.45, 2.75) is 56.9 Å². The molecule has 0 unspecified atom stereocenters. The van der Waals surface area contributed by atoms with E-state index in [1.54, 1.807) is 4.90 Å². The molecule has 1 aromatic heterocycles. The number of aryl methyl sites for hydroxylation is 1. The van der Waals surface area contributed by atoms with E-state index in [4.69, 9.17) is 28.3 Å². The molecule has 4 rings (SSSR count). The SMILES string of the molecule is CCS(=O)(=O)c1c(C)cc(Cl)cc1Cn1c(=O)[nH]c2c(Cl)c(CN3CCC[C@@H](NC(=O)O)C3)c(C(F)(F)F)cc2c1=O. The number of hydrogen-bond acceptors (Lipinski definition) is 6. The number of aromatic nitrogens is 2. The fraction of sp³-hybridized carbons (Fsp3) is 0.423. The highest BCUT2D eigenvalue weighted by molar-refractivity contribution is 7.91. The van der Waals surface area contributed by atoms with Gasteiger partial charge in [-0.2, -0.15) is 13.2 Å². The third-order valence-electron chi connectivity index (χ3n) is 7.18. The van der Waals surface area contributed by atoms with Crippen LogP contribution in [0.25, 0.3) is 10.9 Å². The van der Waals surface area contributed by atoms with Crippen LogP contribution in [0.15, 0.2) is 32.7 Å². The van der Waals surface area contributed by atoms with E-state index in [9.17, 15) is 36.0 Å². The summed E-state index contributed by atoms with van der Waals surface area (Å²) in [5, 5.41) is 10.5. The van der Waals surface area contributed by atoms with E-state index in [-0.39, 0.29) is 51.0 Å². The molecule has 0 spiro atoms. The maximum Gasteiger partial charge on any atom is 0.416 e. The predicted octanol–water partition coefficient (Wildman–Crippen LogP) is 4.40. The zero-order chi connectivity index (χ0) is 31.1. The number of alkyl halides is 3. The van der Waals surface area contributed by atoms with Gasteiger partial charge in [0.25, 0.3) is 5.56 Å². The van der Waals surface area contributed by atoms with Gasteiger partial charge in [-0.1, -0.05) is 30.1 Å². The normalized spacial score (nSPS) is 16.6. The van der Waals surface area contributed by atoms with Crippen LogP contribution in [0.4, 0.5) is 18.0 Å². The van der Waals surface area contributed by atoms with Crippen molar-refractivity contribution in [3.63, 3.8) is 0 Å². The minimum absolute atomic E-state index is 0.0298. The molecule has 1 amide bonds. The lowest BCUT2D eigenvalue weighted by Gasteiger charge is -2.33. The maximum absolute atomic E-state index is 14.3. The van der Waals surface area contributed by atoms with Gasteiger partial charge in [-0.25, -0.2) is 18.0 Å². The van der Waals surface area contributed by atoms with Crippen LogP contribution in [0.3, 0.4) is 0 Å². The Morgan fingerprint density at radius 1 is 1.19 bits per heavy atom. The smallest absolute Gasteiger partial charge is 0.416 e. The number of rotatable bonds is 7. The van der Waals surface area contributed by atoms with Gasteiger partial charge in [-0.15, -0.1) is 0 Å². The van der Waals surface area contributed by atoms with E-state index < -0.39 is 61.9 Å². The number of piperidine rings is 1. The van der Waals surface area contributed by atoms with Crippen LogP contribution in [0.1, 0.15) is 42.0 Å². The van der Waals surface area contributed by atoms with Gasteiger partial charge in [-0.05, 0) is 61.2 Å². The molecule has 3 aromatic rings. The molecule has 1 saturated heterocycles. The molecule has 0 radical (unpaired) electrons. The summed E-state index contributed by atoms with van der Waals surface area (Å²) < 4.78 is 69.1. The Hall–Kier alpha value is -3.07. The molecular formula is C26H27Cl2F3N4O6S. The topological polar surface area (TPSA) is 142 Å². The molecule has 2 aromatic carbocycles. The zero-order valence-corrected chi connectivity index (χ0v) is 24.8. The molecule has 0 bridgehead atoms. The summed E-state index contributed by atoms with van der Waals surface area (Å²) in [4.78, 5) is 41.5. The lowest BCUT2D eigenvalue weighted by atomic mass is 10.0. The van der Waals surface area contributed by atoms with Crippen molar-refractivity contribution in [3.8, 4) is 0 Å². The summed E-state index contributed by atoms with van der Waals surface area (Å²) in [6.45, 7) is 2.55. The van der Waals surface area contributed by atoms with E-state index in [2.05, 4.69) is 10.3 Å². The van der Waals surface area contributed by atoms with Crippen molar-refractivity contribution in [3.05, 3.63) is 71.3 Å². The van der Waals surface area contributed by atoms with Crippen LogP contribution >= 0.6 is 23.2 Å². The summed E-state index contributed by atoms with van der Waals surface area (Å²) in [5.41, 5.74) is -3.65. The zero-order valence-electron chi connectivity index (χ0n) is 22.4. The van der Waals surface area contributed by atoms with E-state index in [1.165, 1.54) is 26.0 Å². The largest absolute Gasteiger partial charge is 0.465 e. The number of nitrogens with zero attached hydrogens (tertiary/aromatic N) is 2. The summed E-state index contributed by atoms with van der Waals surface area (Å²) in [5.74, 6) is -0.275. The van der Waals surface area contributed by atoms with Gasteiger partial charge in [0.1, 0.15) is 0 Å². The van der Waals surface area contributed by atoms with Crippen LogP contribution in [0.5, 0.6) is 0 Å². The Morgan fingerprint density at radius 2 is 1.88 bits per heavy atom. The maximum atomic E-state index is 14.3. The molecular weight excluding hydrogens is 624 g/mol. The molecule has 1 aliphatic heterocycles. The quantitative estimate of drug-likeness (QED) is 0.344. The average molecular weight is 651 g/mol. The molecule has 3 N–H and O–H groups in total. The fourth-order valence-corrected chi connectivity index (χ4v) is 7.30. The van der Waals surface area contributed by atoms with Crippen molar-refractivity contribution in [1.82, 2.24) is 19.8 Å². The molecule has 228 valence electrons. The second-order valence-electron chi connectivity index (χ2n) is 10.1. The van der Waals surface area contributed by atoms with Crippen LogP contribution in [-0.4, -0.2) is 59.0 Å².